The van der Waals surface area contributed by atoms with Crippen molar-refractivity contribution in [3.63, 3.8) is 0 Å². The van der Waals surface area contributed by atoms with Gasteiger partial charge in [0.25, 0.3) is 5.56 Å². The zero-order valence-electron chi connectivity index (χ0n) is 21.5. The van der Waals surface area contributed by atoms with Crippen molar-refractivity contribution in [1.82, 2.24) is 14.5 Å². The summed E-state index contributed by atoms with van der Waals surface area (Å²) in [4.78, 5) is 34.1. The van der Waals surface area contributed by atoms with Gasteiger partial charge in [-0.25, -0.2) is 0 Å². The van der Waals surface area contributed by atoms with Gasteiger partial charge in [-0.05, 0) is 81.7 Å². The van der Waals surface area contributed by atoms with Crippen LogP contribution in [0.4, 0.5) is 0 Å². The fourth-order valence-electron chi connectivity index (χ4n) is 6.04. The number of fused-ring (bicyclic) bond motifs is 2. The van der Waals surface area contributed by atoms with Crippen molar-refractivity contribution in [3.8, 4) is 11.1 Å². The van der Waals surface area contributed by atoms with Gasteiger partial charge < -0.3 is 14.2 Å². The molecule has 1 unspecified atom stereocenters. The van der Waals surface area contributed by atoms with Gasteiger partial charge >= 0.3 is 0 Å². The highest BCUT2D eigenvalue weighted by Gasteiger charge is 2.36. The van der Waals surface area contributed by atoms with E-state index < -0.39 is 0 Å². The molecule has 6 rings (SSSR count). The number of benzene rings is 1. The number of aryl methyl sites for hydroxylation is 1. The van der Waals surface area contributed by atoms with Crippen LogP contribution in [0.1, 0.15) is 56.5 Å². The fourth-order valence-corrected chi connectivity index (χ4v) is 6.04. The number of hydrogen-bond donors (Lipinski definition) is 0. The third-order valence-electron chi connectivity index (χ3n) is 8.13. The fraction of sp³-hybridized carbons (Fsp3) is 0.500. The Morgan fingerprint density at radius 1 is 1.14 bits per heavy atom. The van der Waals surface area contributed by atoms with Crippen molar-refractivity contribution in [1.29, 1.82) is 0 Å². The van der Waals surface area contributed by atoms with Crippen molar-refractivity contribution in [2.45, 2.75) is 71.6 Å². The molecule has 2 aromatic heterocycles. The molecule has 3 aliphatic rings. The number of rotatable bonds is 4. The first kappa shape index (κ1) is 23.4. The maximum Gasteiger partial charge on any atom is 0.258 e. The van der Waals surface area contributed by atoms with Crippen molar-refractivity contribution in [2.75, 3.05) is 13.2 Å². The monoisotopic (exact) mass is 485 g/mol. The molecule has 0 bridgehead atoms. The second kappa shape index (κ2) is 8.84. The Balaban J connectivity index is 1.40. The van der Waals surface area contributed by atoms with Crippen LogP contribution in [-0.4, -0.2) is 39.1 Å². The standard InChI is InChI=1S/C30H35N3O3/c1-19-7-10-24-23(5-4-6-26(24)31-19)25-15-22-18-32(28(34)21-12-14-36-30(2,3)16-21)13-11-27(22)33(29(25)35)17-20-8-9-20/h4-7,10,15,20-21H,8-9,11-14,16-18H2,1-3H3. The van der Waals surface area contributed by atoms with E-state index in [1.807, 2.05) is 40.7 Å². The second-order valence-electron chi connectivity index (χ2n) is 11.5. The van der Waals surface area contributed by atoms with Crippen molar-refractivity contribution in [3.05, 3.63) is 63.7 Å². The van der Waals surface area contributed by atoms with Crippen LogP contribution in [0.3, 0.4) is 0 Å². The Morgan fingerprint density at radius 2 is 1.97 bits per heavy atom. The van der Waals surface area contributed by atoms with E-state index in [1.54, 1.807) is 0 Å². The van der Waals surface area contributed by atoms with Gasteiger partial charge in [-0.15, -0.1) is 0 Å². The number of hydrogen-bond acceptors (Lipinski definition) is 4. The average Bonchev–Trinajstić information content (AvgIpc) is 3.68. The Labute approximate surface area is 212 Å². The molecule has 1 aromatic carbocycles. The molecule has 1 atom stereocenters. The summed E-state index contributed by atoms with van der Waals surface area (Å²) in [6.07, 6.45) is 4.64. The van der Waals surface area contributed by atoms with Crippen LogP contribution in [0.2, 0.25) is 0 Å². The van der Waals surface area contributed by atoms with Gasteiger partial charge in [-0.3, -0.25) is 14.6 Å². The lowest BCUT2D eigenvalue weighted by molar-refractivity contribution is -0.146. The zero-order valence-corrected chi connectivity index (χ0v) is 21.5. The molecule has 4 heterocycles. The van der Waals surface area contributed by atoms with E-state index in [1.165, 1.54) is 12.8 Å². The number of carbonyl (C=O) groups excluding carboxylic acids is 1. The topological polar surface area (TPSA) is 64.4 Å². The number of carbonyl (C=O) groups is 1. The minimum Gasteiger partial charge on any atom is -0.376 e. The summed E-state index contributed by atoms with van der Waals surface area (Å²) in [5.74, 6) is 0.811. The van der Waals surface area contributed by atoms with E-state index in [2.05, 4.69) is 31.0 Å². The van der Waals surface area contributed by atoms with Gasteiger partial charge in [-0.2, -0.15) is 0 Å². The summed E-state index contributed by atoms with van der Waals surface area (Å²) >= 11 is 0. The molecule has 0 spiro atoms. The Hall–Kier alpha value is -2.99. The molecule has 36 heavy (non-hydrogen) atoms. The maximum absolute atomic E-state index is 13.9. The van der Waals surface area contributed by atoms with Crippen LogP contribution in [0.15, 0.2) is 41.2 Å². The summed E-state index contributed by atoms with van der Waals surface area (Å²) in [7, 11) is 0. The molecule has 1 saturated carbocycles. The Bertz CT molecular complexity index is 1400. The van der Waals surface area contributed by atoms with E-state index in [4.69, 9.17) is 4.74 Å². The molecule has 0 N–H and O–H groups in total. The Kier molecular flexibility index (Phi) is 5.75. The molecule has 2 aliphatic heterocycles. The molecule has 188 valence electrons. The summed E-state index contributed by atoms with van der Waals surface area (Å²) in [5, 5.41) is 0.992. The van der Waals surface area contributed by atoms with Crippen LogP contribution in [0, 0.1) is 18.8 Å². The number of pyridine rings is 2. The highest BCUT2D eigenvalue weighted by molar-refractivity contribution is 5.94. The number of aromatic nitrogens is 2. The average molecular weight is 486 g/mol. The van der Waals surface area contributed by atoms with Crippen molar-refractivity contribution < 1.29 is 9.53 Å². The van der Waals surface area contributed by atoms with E-state index in [0.717, 1.165) is 59.2 Å². The first-order chi connectivity index (χ1) is 17.3. The predicted molar refractivity (Wildman–Crippen MR) is 141 cm³/mol. The number of ether oxygens (including phenoxy) is 1. The lowest BCUT2D eigenvalue weighted by atomic mass is 9.87. The SMILES string of the molecule is Cc1ccc2c(-c3cc4c(n(CC5CC5)c3=O)CCN(C(=O)C3CCOC(C)(C)C3)C4)cccc2n1. The third kappa shape index (κ3) is 4.36. The highest BCUT2D eigenvalue weighted by Crippen LogP contribution is 2.35. The van der Waals surface area contributed by atoms with Gasteiger partial charge in [0.1, 0.15) is 0 Å². The summed E-state index contributed by atoms with van der Waals surface area (Å²) in [6.45, 7) is 8.77. The van der Waals surface area contributed by atoms with E-state index in [-0.39, 0.29) is 23.0 Å². The van der Waals surface area contributed by atoms with E-state index in [0.29, 0.717) is 31.2 Å². The number of amides is 1. The predicted octanol–water partition coefficient (Wildman–Crippen LogP) is 4.87. The first-order valence-electron chi connectivity index (χ1n) is 13.3. The summed E-state index contributed by atoms with van der Waals surface area (Å²) in [6, 6.07) is 12.1. The molecule has 1 saturated heterocycles. The van der Waals surface area contributed by atoms with Crippen LogP contribution >= 0.6 is 0 Å². The molecule has 1 amide bonds. The van der Waals surface area contributed by atoms with Gasteiger partial charge in [0, 0.05) is 60.9 Å². The quantitative estimate of drug-likeness (QED) is 0.529. The summed E-state index contributed by atoms with van der Waals surface area (Å²) < 4.78 is 7.88. The normalized spacial score (nSPS) is 21.4. The minimum atomic E-state index is -0.259. The molecular formula is C30H35N3O3. The minimum absolute atomic E-state index is 0.000444. The molecule has 6 heteroatoms. The van der Waals surface area contributed by atoms with Crippen molar-refractivity contribution >= 4 is 16.8 Å². The molecule has 3 aromatic rings. The lowest BCUT2D eigenvalue weighted by Crippen LogP contribution is -2.46. The van der Waals surface area contributed by atoms with Gasteiger partial charge in [-0.1, -0.05) is 18.2 Å². The number of nitrogens with zero attached hydrogens (tertiary/aromatic N) is 3. The lowest BCUT2D eigenvalue weighted by Gasteiger charge is -2.38. The molecule has 1 aliphatic carbocycles. The second-order valence-corrected chi connectivity index (χ2v) is 11.5. The molecule has 2 fully saturated rings. The van der Waals surface area contributed by atoms with Gasteiger partial charge in [0.2, 0.25) is 5.91 Å². The van der Waals surface area contributed by atoms with Gasteiger partial charge in [0.15, 0.2) is 0 Å². The van der Waals surface area contributed by atoms with Crippen LogP contribution in [0.25, 0.3) is 22.0 Å². The first-order valence-corrected chi connectivity index (χ1v) is 13.3. The maximum atomic E-state index is 13.9. The molecule has 6 nitrogen and oxygen atoms in total. The van der Waals surface area contributed by atoms with E-state index >= 15 is 0 Å². The van der Waals surface area contributed by atoms with Crippen LogP contribution < -0.4 is 5.56 Å². The largest absolute Gasteiger partial charge is 0.376 e. The smallest absolute Gasteiger partial charge is 0.258 e. The zero-order chi connectivity index (χ0) is 25.0. The third-order valence-corrected chi connectivity index (χ3v) is 8.13. The molecular weight excluding hydrogens is 450 g/mol. The summed E-state index contributed by atoms with van der Waals surface area (Å²) in [5.41, 5.74) is 5.54. The van der Waals surface area contributed by atoms with Crippen LogP contribution in [0.5, 0.6) is 0 Å². The van der Waals surface area contributed by atoms with Crippen LogP contribution in [-0.2, 0) is 29.0 Å². The highest BCUT2D eigenvalue weighted by atomic mass is 16.5. The Morgan fingerprint density at radius 3 is 2.75 bits per heavy atom. The van der Waals surface area contributed by atoms with E-state index in [9.17, 15) is 9.59 Å². The van der Waals surface area contributed by atoms with Gasteiger partial charge in [0.05, 0.1) is 11.1 Å². The van der Waals surface area contributed by atoms with Crippen molar-refractivity contribution in [2.24, 2.45) is 11.8 Å². The molecule has 0 radical (unpaired) electrons.